The van der Waals surface area contributed by atoms with E-state index in [1.54, 1.807) is 0 Å². The molecule has 0 spiro atoms. The molecular weight excluding hydrogens is 266 g/mol. The summed E-state index contributed by atoms with van der Waals surface area (Å²) in [7, 11) is -0.912. The third kappa shape index (κ3) is 3.50. The van der Waals surface area contributed by atoms with Gasteiger partial charge < -0.3 is 5.32 Å². The van der Waals surface area contributed by atoms with Crippen LogP contribution in [-0.4, -0.2) is 22.0 Å². The van der Waals surface area contributed by atoms with E-state index in [1.165, 1.54) is 12.8 Å². The standard InChI is InChI=1S/C17H27NOS/c1-4-13-18-16-15(11-8-12-17(16,2)3)20(19)14-9-6-5-7-10-14/h5-7,9-10,15-16,18H,4,8,11-13H2,1-3H3. The fourth-order valence-corrected chi connectivity index (χ4v) is 5.12. The molecule has 20 heavy (non-hydrogen) atoms. The highest BCUT2D eigenvalue weighted by Crippen LogP contribution is 2.39. The lowest BCUT2D eigenvalue weighted by Crippen LogP contribution is -2.54. The molecule has 0 bridgehead atoms. The highest BCUT2D eigenvalue weighted by Gasteiger charge is 2.41. The maximum Gasteiger partial charge on any atom is 0.0576 e. The molecule has 1 aromatic rings. The monoisotopic (exact) mass is 293 g/mol. The van der Waals surface area contributed by atoms with Crippen LogP contribution < -0.4 is 5.32 Å². The van der Waals surface area contributed by atoms with E-state index < -0.39 is 10.8 Å². The summed E-state index contributed by atoms with van der Waals surface area (Å²) in [5, 5.41) is 3.90. The zero-order valence-electron chi connectivity index (χ0n) is 12.9. The van der Waals surface area contributed by atoms with E-state index in [2.05, 4.69) is 26.1 Å². The van der Waals surface area contributed by atoms with Crippen molar-refractivity contribution in [2.75, 3.05) is 6.54 Å². The minimum atomic E-state index is -0.912. The van der Waals surface area contributed by atoms with E-state index in [4.69, 9.17) is 0 Å². The van der Waals surface area contributed by atoms with Crippen LogP contribution in [0, 0.1) is 5.41 Å². The van der Waals surface area contributed by atoms with Gasteiger partial charge in [0.25, 0.3) is 0 Å². The van der Waals surface area contributed by atoms with Gasteiger partial charge in [0, 0.05) is 10.9 Å². The summed E-state index contributed by atoms with van der Waals surface area (Å²) in [6.07, 6.45) is 4.58. The average molecular weight is 293 g/mol. The maximum atomic E-state index is 12.9. The van der Waals surface area contributed by atoms with E-state index in [1.807, 2.05) is 30.3 Å². The van der Waals surface area contributed by atoms with Crippen molar-refractivity contribution < 1.29 is 4.21 Å². The molecule has 0 heterocycles. The smallest absolute Gasteiger partial charge is 0.0576 e. The molecule has 0 aromatic heterocycles. The molecular formula is C17H27NOS. The average Bonchev–Trinajstić information content (AvgIpc) is 2.45. The van der Waals surface area contributed by atoms with Gasteiger partial charge in [-0.05, 0) is 43.4 Å². The van der Waals surface area contributed by atoms with Crippen molar-refractivity contribution >= 4 is 10.8 Å². The zero-order chi connectivity index (χ0) is 14.6. The predicted molar refractivity (Wildman–Crippen MR) is 86.4 cm³/mol. The molecule has 0 saturated heterocycles. The molecule has 0 radical (unpaired) electrons. The topological polar surface area (TPSA) is 29.1 Å². The summed E-state index contributed by atoms with van der Waals surface area (Å²) in [5.74, 6) is 0. The number of rotatable bonds is 5. The van der Waals surface area contributed by atoms with Gasteiger partial charge in [-0.15, -0.1) is 0 Å². The van der Waals surface area contributed by atoms with Gasteiger partial charge in [-0.2, -0.15) is 0 Å². The minimum absolute atomic E-state index is 0.225. The van der Waals surface area contributed by atoms with Crippen LogP contribution in [0.1, 0.15) is 46.5 Å². The van der Waals surface area contributed by atoms with Gasteiger partial charge in [-0.3, -0.25) is 4.21 Å². The van der Waals surface area contributed by atoms with E-state index >= 15 is 0 Å². The molecule has 2 rings (SSSR count). The molecule has 112 valence electrons. The highest BCUT2D eigenvalue weighted by atomic mass is 32.2. The van der Waals surface area contributed by atoms with Gasteiger partial charge in [0.15, 0.2) is 0 Å². The van der Waals surface area contributed by atoms with Crippen molar-refractivity contribution in [1.29, 1.82) is 0 Å². The van der Waals surface area contributed by atoms with E-state index in [0.717, 1.165) is 24.3 Å². The Kier molecular flexibility index (Phi) is 5.39. The zero-order valence-corrected chi connectivity index (χ0v) is 13.7. The second-order valence-electron chi connectivity index (χ2n) is 6.46. The SMILES string of the molecule is CCCNC1C(S(=O)c2ccccc2)CCCC1(C)C. The van der Waals surface area contributed by atoms with Crippen LogP contribution in [0.5, 0.6) is 0 Å². The van der Waals surface area contributed by atoms with Crippen LogP contribution in [0.3, 0.4) is 0 Å². The largest absolute Gasteiger partial charge is 0.312 e. The van der Waals surface area contributed by atoms with Gasteiger partial charge in [0.05, 0.1) is 16.0 Å². The molecule has 1 saturated carbocycles. The van der Waals surface area contributed by atoms with Crippen LogP contribution >= 0.6 is 0 Å². The quantitative estimate of drug-likeness (QED) is 0.896. The molecule has 2 nitrogen and oxygen atoms in total. The molecule has 3 atom stereocenters. The normalized spacial score (nSPS) is 27.1. The van der Waals surface area contributed by atoms with Gasteiger partial charge in [-0.1, -0.05) is 45.4 Å². The lowest BCUT2D eigenvalue weighted by Gasteiger charge is -2.44. The Hall–Kier alpha value is -0.670. The Morgan fingerprint density at radius 3 is 2.65 bits per heavy atom. The summed E-state index contributed by atoms with van der Waals surface area (Å²) in [4.78, 5) is 0.971. The fraction of sp³-hybridized carbons (Fsp3) is 0.647. The van der Waals surface area contributed by atoms with Crippen molar-refractivity contribution in [3.63, 3.8) is 0 Å². The first-order valence-corrected chi connectivity index (χ1v) is 8.96. The maximum absolute atomic E-state index is 12.9. The summed E-state index contributed by atoms with van der Waals surface area (Å²) in [5.41, 5.74) is 0.225. The first kappa shape index (κ1) is 15.7. The van der Waals surface area contributed by atoms with Crippen LogP contribution in [0.4, 0.5) is 0 Å². The molecule has 0 amide bonds. The highest BCUT2D eigenvalue weighted by molar-refractivity contribution is 7.85. The summed E-state index contributed by atoms with van der Waals surface area (Å²) in [6, 6.07) is 10.3. The van der Waals surface area contributed by atoms with Gasteiger partial charge >= 0.3 is 0 Å². The number of hydrogen-bond acceptors (Lipinski definition) is 2. The van der Waals surface area contributed by atoms with Gasteiger partial charge in [-0.25, -0.2) is 0 Å². The predicted octanol–water partition coefficient (Wildman–Crippen LogP) is 3.74. The lowest BCUT2D eigenvalue weighted by atomic mass is 9.73. The molecule has 0 aliphatic heterocycles. The molecule has 1 N–H and O–H groups in total. The number of nitrogens with one attached hydrogen (secondary N) is 1. The van der Waals surface area contributed by atoms with Gasteiger partial charge in [0.2, 0.25) is 0 Å². The van der Waals surface area contributed by atoms with Crippen LogP contribution in [0.15, 0.2) is 35.2 Å². The summed E-state index contributed by atoms with van der Waals surface area (Å²) >= 11 is 0. The molecule has 1 aliphatic rings. The van der Waals surface area contributed by atoms with Crippen LogP contribution in [0.25, 0.3) is 0 Å². The number of benzene rings is 1. The Morgan fingerprint density at radius 2 is 2.00 bits per heavy atom. The molecule has 1 aliphatic carbocycles. The second-order valence-corrected chi connectivity index (χ2v) is 8.13. The minimum Gasteiger partial charge on any atom is -0.312 e. The molecule has 3 unspecified atom stereocenters. The Bertz CT molecular complexity index is 444. The molecule has 1 fully saturated rings. The van der Waals surface area contributed by atoms with E-state index in [9.17, 15) is 4.21 Å². The fourth-order valence-electron chi connectivity index (χ4n) is 3.25. The molecule has 3 heteroatoms. The van der Waals surface area contributed by atoms with Crippen molar-refractivity contribution in [2.24, 2.45) is 5.41 Å². The first-order chi connectivity index (χ1) is 9.56. The van der Waals surface area contributed by atoms with Crippen molar-refractivity contribution in [3.8, 4) is 0 Å². The van der Waals surface area contributed by atoms with Gasteiger partial charge in [0.1, 0.15) is 0 Å². The molecule has 1 aromatic carbocycles. The van der Waals surface area contributed by atoms with E-state index in [0.29, 0.717) is 6.04 Å². The van der Waals surface area contributed by atoms with Crippen LogP contribution in [0.2, 0.25) is 0 Å². The van der Waals surface area contributed by atoms with E-state index in [-0.39, 0.29) is 10.7 Å². The first-order valence-electron chi connectivity index (χ1n) is 7.75. The third-order valence-electron chi connectivity index (χ3n) is 4.39. The van der Waals surface area contributed by atoms with Crippen molar-refractivity contribution in [3.05, 3.63) is 30.3 Å². The third-order valence-corrected chi connectivity index (χ3v) is 6.18. The summed E-state index contributed by atoms with van der Waals surface area (Å²) in [6.45, 7) is 7.83. The Balaban J connectivity index is 2.20. The Morgan fingerprint density at radius 1 is 1.30 bits per heavy atom. The Labute approximate surface area is 125 Å². The number of hydrogen-bond donors (Lipinski definition) is 1. The second kappa shape index (κ2) is 6.86. The van der Waals surface area contributed by atoms with Crippen LogP contribution in [-0.2, 0) is 10.8 Å². The lowest BCUT2D eigenvalue weighted by molar-refractivity contribution is 0.173. The summed E-state index contributed by atoms with van der Waals surface area (Å²) < 4.78 is 12.9. The van der Waals surface area contributed by atoms with Crippen molar-refractivity contribution in [2.45, 2.75) is 62.6 Å². The van der Waals surface area contributed by atoms with Crippen molar-refractivity contribution in [1.82, 2.24) is 5.32 Å².